The summed E-state index contributed by atoms with van der Waals surface area (Å²) in [5.74, 6) is 0.442. The third-order valence-electron chi connectivity index (χ3n) is 13.1. The van der Waals surface area contributed by atoms with E-state index in [1.54, 1.807) is 66.7 Å². The lowest BCUT2D eigenvalue weighted by Crippen LogP contribution is -2.44. The lowest BCUT2D eigenvalue weighted by molar-refractivity contribution is -0.185. The first kappa shape index (κ1) is 44.4. The Morgan fingerprint density at radius 2 is 0.970 bits per heavy atom. The highest BCUT2D eigenvalue weighted by Crippen LogP contribution is 2.35. The minimum Gasteiger partial charge on any atom is -0.381 e. The van der Waals surface area contributed by atoms with Gasteiger partial charge in [0.1, 0.15) is 22.7 Å². The van der Waals surface area contributed by atoms with Gasteiger partial charge in [-0.2, -0.15) is 0 Å². The summed E-state index contributed by atoms with van der Waals surface area (Å²) in [6, 6.07) is 20.9. The van der Waals surface area contributed by atoms with E-state index in [0.717, 1.165) is 89.6 Å². The van der Waals surface area contributed by atoms with E-state index >= 15 is 0 Å². The van der Waals surface area contributed by atoms with Gasteiger partial charge >= 0.3 is 0 Å². The number of fused-ring (bicyclic) bond motifs is 8. The highest BCUT2D eigenvalue weighted by Gasteiger charge is 2.40. The molecule has 0 unspecified atom stereocenters. The van der Waals surface area contributed by atoms with E-state index in [2.05, 4.69) is 25.2 Å². The van der Waals surface area contributed by atoms with Crippen molar-refractivity contribution in [2.45, 2.75) is 62.5 Å². The van der Waals surface area contributed by atoms with E-state index in [4.69, 9.17) is 40.3 Å². The van der Waals surface area contributed by atoms with Gasteiger partial charge in [0.25, 0.3) is 0 Å². The Hall–Kier alpha value is -5.49. The molecule has 4 aromatic carbocycles. The van der Waals surface area contributed by atoms with Crippen LogP contribution in [-0.4, -0.2) is 125 Å². The molecule has 2 aromatic heterocycles. The smallest absolute Gasteiger partial charge is 0.196 e. The van der Waals surface area contributed by atoms with Crippen molar-refractivity contribution < 1.29 is 42.9 Å². The molecule has 2 aliphatic carbocycles. The van der Waals surface area contributed by atoms with Gasteiger partial charge in [-0.3, -0.25) is 24.1 Å². The van der Waals surface area contributed by atoms with Crippen LogP contribution in [0.2, 0.25) is 0 Å². The molecule has 0 bridgehead atoms. The Morgan fingerprint density at radius 3 is 1.42 bits per heavy atom. The normalized spacial score (nSPS) is 20.2. The van der Waals surface area contributed by atoms with Gasteiger partial charge in [-0.05, 0) is 37.1 Å². The summed E-state index contributed by atoms with van der Waals surface area (Å²) in [4.78, 5) is 69.1. The predicted molar refractivity (Wildman–Crippen MR) is 244 cm³/mol. The van der Waals surface area contributed by atoms with Crippen molar-refractivity contribution in [3.05, 3.63) is 129 Å². The van der Waals surface area contributed by atoms with E-state index in [-0.39, 0.29) is 34.8 Å². The zero-order chi connectivity index (χ0) is 45.3. The summed E-state index contributed by atoms with van der Waals surface area (Å²) in [5, 5.41) is 3.28. The van der Waals surface area contributed by atoms with Gasteiger partial charge in [0.05, 0.1) is 61.0 Å². The molecular weight excluding hydrogens is 864 g/mol. The number of ketones is 4. The van der Waals surface area contributed by atoms with Crippen LogP contribution in [0.4, 0.5) is 0 Å². The average molecular weight is 915 g/mol. The number of halogens is 1. The Morgan fingerprint density at radius 1 is 0.530 bits per heavy atom. The minimum atomic E-state index is -0.399. The number of piperidine rings is 2. The van der Waals surface area contributed by atoms with Crippen LogP contribution in [-0.2, 0) is 36.1 Å². The summed E-state index contributed by atoms with van der Waals surface area (Å²) in [7, 11) is 0. The summed E-state index contributed by atoms with van der Waals surface area (Å²) >= 11 is 5.78. The van der Waals surface area contributed by atoms with Crippen molar-refractivity contribution in [3.63, 3.8) is 0 Å². The molecule has 5 aliphatic heterocycles. The number of rotatable bonds is 3. The molecule has 6 aromatic rings. The monoisotopic (exact) mass is 914 g/mol. The van der Waals surface area contributed by atoms with Crippen molar-refractivity contribution in [2.75, 3.05) is 65.8 Å². The molecule has 0 saturated carbocycles. The van der Waals surface area contributed by atoms with Crippen molar-refractivity contribution >= 4 is 56.8 Å². The van der Waals surface area contributed by atoms with Gasteiger partial charge in [-0.15, -0.1) is 11.6 Å². The number of benzene rings is 4. The van der Waals surface area contributed by atoms with Gasteiger partial charge < -0.3 is 39.0 Å². The van der Waals surface area contributed by atoms with E-state index in [0.29, 0.717) is 86.6 Å². The Kier molecular flexibility index (Phi) is 12.8. The highest BCUT2D eigenvalue weighted by molar-refractivity contribution is 6.32. The maximum Gasteiger partial charge on any atom is 0.196 e. The maximum atomic E-state index is 13.2. The van der Waals surface area contributed by atoms with Crippen LogP contribution in [0.5, 0.6) is 0 Å². The average Bonchev–Trinajstić information content (AvgIpc) is 4.23. The summed E-state index contributed by atoms with van der Waals surface area (Å²) in [6.07, 6.45) is 6.25. The van der Waals surface area contributed by atoms with Crippen LogP contribution >= 0.6 is 11.6 Å². The minimum absolute atomic E-state index is 0.121. The number of carbonyl (C=O) groups is 4. The second-order valence-corrected chi connectivity index (χ2v) is 17.5. The standard InChI is InChI=1S/C23H21N3O4.C16H9ClN2O2.C7H13NO2.C4H8O/c27-21-14-3-1-2-4-15(14)22(28)19-16(21)5-6-17-20(19)25-18(24-17)13-26-9-7-23(8-10-26)29-11-12-30-23;17-7-12-18-11-6-5-10-13(14(11)19-12)16(21)9-4-2-1-3-8(9)15(10)20;1-3-8-4-2-7(1)9-5-6-10-7;1-2-4-5-3-1/h1-6H,7-13H2,(H,24,25);1-6H,7H2,(H,18,19);8H,1-6H2;1-4H2. The lowest BCUT2D eigenvalue weighted by Gasteiger charge is -2.37. The van der Waals surface area contributed by atoms with E-state index in [1.807, 2.05) is 6.07 Å². The SMILES string of the molecule is C1CC2(CCN1)OCCO2.C1CCOC1.O=C1c2ccccc2C(=O)c2c1ccc1[nH]c(CCl)nc21.O=C1c2ccccc2C(=O)c2c1ccc1[nH]c(CN3CCC4(CC3)OCCO4)nc21. The fourth-order valence-corrected chi connectivity index (χ4v) is 9.83. The number of H-pyrrole nitrogens is 2. The predicted octanol–water partition coefficient (Wildman–Crippen LogP) is 6.66. The third-order valence-corrected chi connectivity index (χ3v) is 13.4. The first-order chi connectivity index (χ1) is 32.3. The fourth-order valence-electron chi connectivity index (χ4n) is 9.70. The van der Waals surface area contributed by atoms with Crippen molar-refractivity contribution in [3.8, 4) is 0 Å². The highest BCUT2D eigenvalue weighted by atomic mass is 35.5. The van der Waals surface area contributed by atoms with Crippen molar-refractivity contribution in [1.82, 2.24) is 30.2 Å². The molecule has 5 saturated heterocycles. The molecule has 2 spiro atoms. The molecule has 13 rings (SSSR count). The van der Waals surface area contributed by atoms with Gasteiger partial charge in [0, 0.05) is 98.5 Å². The zero-order valence-electron chi connectivity index (χ0n) is 36.5. The molecule has 0 atom stereocenters. The lowest BCUT2D eigenvalue weighted by atomic mass is 9.83. The molecular formula is C50H51ClN6O9. The number of likely N-dealkylation sites (tertiary alicyclic amines) is 1. The number of ether oxygens (including phenoxy) is 5. The molecule has 0 radical (unpaired) electrons. The maximum absolute atomic E-state index is 13.2. The van der Waals surface area contributed by atoms with Crippen LogP contribution in [0.25, 0.3) is 22.1 Å². The second-order valence-electron chi connectivity index (χ2n) is 17.2. The number of aromatic amines is 2. The number of aromatic nitrogens is 4. The number of hydrogen-bond donors (Lipinski definition) is 3. The fraction of sp³-hybridized carbons (Fsp3) is 0.400. The molecule has 16 heteroatoms. The second kappa shape index (κ2) is 19.0. The van der Waals surface area contributed by atoms with Crippen LogP contribution in [0.15, 0.2) is 72.8 Å². The Balaban J connectivity index is 0.000000122. The number of nitrogens with zero attached hydrogens (tertiary/aromatic N) is 3. The van der Waals surface area contributed by atoms with E-state index < -0.39 is 5.79 Å². The Labute approximate surface area is 385 Å². The number of carbonyl (C=O) groups excluding carboxylic acids is 4. The summed E-state index contributed by atoms with van der Waals surface area (Å²) in [5.41, 5.74) is 5.97. The van der Waals surface area contributed by atoms with Crippen LogP contribution in [0, 0.1) is 0 Å². The first-order valence-electron chi connectivity index (χ1n) is 22.8. The van der Waals surface area contributed by atoms with Crippen LogP contribution in [0.3, 0.4) is 0 Å². The zero-order valence-corrected chi connectivity index (χ0v) is 37.3. The Bertz CT molecular complexity index is 2800. The third kappa shape index (κ3) is 8.66. The quantitative estimate of drug-likeness (QED) is 0.160. The molecule has 0 amide bonds. The topological polar surface area (TPSA) is 187 Å². The first-order valence-corrected chi connectivity index (χ1v) is 23.3. The largest absolute Gasteiger partial charge is 0.381 e. The molecule has 7 heterocycles. The van der Waals surface area contributed by atoms with Crippen LogP contribution < -0.4 is 5.32 Å². The number of hydrogen-bond acceptors (Lipinski definition) is 13. The van der Waals surface area contributed by atoms with Crippen molar-refractivity contribution in [2.24, 2.45) is 0 Å². The van der Waals surface area contributed by atoms with E-state index in [1.165, 1.54) is 12.8 Å². The molecule has 342 valence electrons. The summed E-state index contributed by atoms with van der Waals surface area (Å²) < 4.78 is 27.6. The van der Waals surface area contributed by atoms with Gasteiger partial charge in [0.2, 0.25) is 0 Å². The van der Waals surface area contributed by atoms with Crippen molar-refractivity contribution in [1.29, 1.82) is 0 Å². The molecule has 3 N–H and O–H groups in total. The van der Waals surface area contributed by atoms with Gasteiger partial charge in [-0.1, -0.05) is 48.5 Å². The summed E-state index contributed by atoms with van der Waals surface area (Å²) in [6.45, 7) is 9.33. The van der Waals surface area contributed by atoms with E-state index in [9.17, 15) is 19.2 Å². The number of nitrogens with one attached hydrogen (secondary N) is 3. The van der Waals surface area contributed by atoms with Crippen LogP contribution in [0.1, 0.15) is 114 Å². The number of alkyl halides is 1. The molecule has 7 aliphatic rings. The molecule has 15 nitrogen and oxygen atoms in total. The molecule has 5 fully saturated rings. The number of imidazole rings is 2. The molecule has 66 heavy (non-hydrogen) atoms. The van der Waals surface area contributed by atoms with Gasteiger partial charge in [0.15, 0.2) is 34.7 Å². The van der Waals surface area contributed by atoms with Gasteiger partial charge in [-0.25, -0.2) is 9.97 Å².